The van der Waals surface area contributed by atoms with Crippen LogP contribution in [0.4, 0.5) is 0 Å². The van der Waals surface area contributed by atoms with Gasteiger partial charge in [-0.25, -0.2) is 4.98 Å². The van der Waals surface area contributed by atoms with Gasteiger partial charge in [0.2, 0.25) is 0 Å². The van der Waals surface area contributed by atoms with Crippen molar-refractivity contribution in [3.05, 3.63) is 34.9 Å². The number of phenolic OH excluding ortho intramolecular Hbond substituents is 1. The lowest BCUT2D eigenvalue weighted by molar-refractivity contribution is 0.359. The third-order valence-corrected chi connectivity index (χ3v) is 3.47. The summed E-state index contributed by atoms with van der Waals surface area (Å²) < 4.78 is 1.72. The summed E-state index contributed by atoms with van der Waals surface area (Å²) in [6.07, 6.45) is 3.50. The number of fused-ring (bicyclic) bond motifs is 1. The lowest BCUT2D eigenvalue weighted by Gasteiger charge is -2.24. The number of nitrogens with zero attached hydrogens (tertiary/aromatic N) is 2. The van der Waals surface area contributed by atoms with E-state index >= 15 is 0 Å². The zero-order chi connectivity index (χ0) is 12.5. The summed E-state index contributed by atoms with van der Waals surface area (Å²) in [5, 5.41) is 13.2. The van der Waals surface area contributed by atoms with E-state index in [1.165, 1.54) is 12.1 Å². The molecule has 0 aliphatic carbocycles. The van der Waals surface area contributed by atoms with E-state index in [2.05, 4.69) is 10.3 Å². The summed E-state index contributed by atoms with van der Waals surface area (Å²) >= 11 is 0. The van der Waals surface area contributed by atoms with Crippen LogP contribution in [0.3, 0.4) is 0 Å². The molecule has 0 radical (unpaired) electrons. The molecule has 5 heteroatoms. The molecule has 3 rings (SSSR count). The Hall–Kier alpha value is -1.88. The molecule has 0 saturated carbocycles. The van der Waals surface area contributed by atoms with E-state index in [1.54, 1.807) is 17.0 Å². The molecule has 0 unspecified atom stereocenters. The van der Waals surface area contributed by atoms with Crippen molar-refractivity contribution in [1.29, 1.82) is 0 Å². The number of hydrogen-bond acceptors (Lipinski definition) is 4. The van der Waals surface area contributed by atoms with Crippen molar-refractivity contribution >= 4 is 10.9 Å². The third-order valence-electron chi connectivity index (χ3n) is 3.47. The van der Waals surface area contributed by atoms with E-state index < -0.39 is 0 Å². The van der Waals surface area contributed by atoms with Gasteiger partial charge >= 0.3 is 0 Å². The van der Waals surface area contributed by atoms with Gasteiger partial charge in [-0.1, -0.05) is 0 Å². The van der Waals surface area contributed by atoms with Crippen LogP contribution in [0.2, 0.25) is 0 Å². The fourth-order valence-corrected chi connectivity index (χ4v) is 2.47. The Bertz CT molecular complexity index is 630. The van der Waals surface area contributed by atoms with Crippen LogP contribution in [0.1, 0.15) is 18.9 Å². The molecule has 0 amide bonds. The first-order valence-corrected chi connectivity index (χ1v) is 6.16. The van der Waals surface area contributed by atoms with Crippen LogP contribution in [0.5, 0.6) is 5.75 Å². The molecule has 0 bridgehead atoms. The Labute approximate surface area is 104 Å². The van der Waals surface area contributed by atoms with Crippen molar-refractivity contribution in [2.75, 3.05) is 13.1 Å². The van der Waals surface area contributed by atoms with Crippen molar-refractivity contribution in [2.24, 2.45) is 0 Å². The number of piperidine rings is 1. The van der Waals surface area contributed by atoms with Crippen molar-refractivity contribution in [1.82, 2.24) is 14.9 Å². The number of aromatic hydroxyl groups is 1. The molecule has 0 atom stereocenters. The quantitative estimate of drug-likeness (QED) is 0.787. The Morgan fingerprint density at radius 1 is 1.33 bits per heavy atom. The highest BCUT2D eigenvalue weighted by atomic mass is 16.3. The normalized spacial score (nSPS) is 17.1. The van der Waals surface area contributed by atoms with Crippen molar-refractivity contribution in [3.8, 4) is 5.75 Å². The SMILES string of the molecule is O=c1c2ccc(O)cc2ncn1C1CCNCC1. The molecule has 94 valence electrons. The van der Waals surface area contributed by atoms with Crippen LogP contribution in [0.25, 0.3) is 10.9 Å². The lowest BCUT2D eigenvalue weighted by Crippen LogP contribution is -2.34. The molecule has 1 aromatic heterocycles. The van der Waals surface area contributed by atoms with Gasteiger partial charge in [0.15, 0.2) is 0 Å². The molecule has 1 aliphatic rings. The molecular formula is C13H15N3O2. The summed E-state index contributed by atoms with van der Waals surface area (Å²) in [4.78, 5) is 16.6. The van der Waals surface area contributed by atoms with Crippen LogP contribution in [0, 0.1) is 0 Å². The average Bonchev–Trinajstić information content (AvgIpc) is 2.40. The zero-order valence-electron chi connectivity index (χ0n) is 9.97. The summed E-state index contributed by atoms with van der Waals surface area (Å²) in [6, 6.07) is 4.91. The fraction of sp³-hybridized carbons (Fsp3) is 0.385. The fourth-order valence-electron chi connectivity index (χ4n) is 2.47. The van der Waals surface area contributed by atoms with Crippen LogP contribution in [-0.4, -0.2) is 27.7 Å². The van der Waals surface area contributed by atoms with Crippen molar-refractivity contribution in [2.45, 2.75) is 18.9 Å². The minimum atomic E-state index is -0.0214. The topological polar surface area (TPSA) is 67.1 Å². The minimum Gasteiger partial charge on any atom is -0.508 e. The van der Waals surface area contributed by atoms with Crippen molar-refractivity contribution < 1.29 is 5.11 Å². The van der Waals surface area contributed by atoms with Gasteiger partial charge in [0.05, 0.1) is 17.2 Å². The highest BCUT2D eigenvalue weighted by Crippen LogP contribution is 2.19. The third kappa shape index (κ3) is 1.86. The standard InChI is InChI=1S/C13H15N3O2/c17-10-1-2-11-12(7-10)15-8-16(13(11)18)9-3-5-14-6-4-9/h1-2,7-9,14,17H,3-6H2. The molecule has 2 aromatic rings. The molecular weight excluding hydrogens is 230 g/mol. The number of nitrogens with one attached hydrogen (secondary N) is 1. The summed E-state index contributed by atoms with van der Waals surface area (Å²) in [7, 11) is 0. The molecule has 5 nitrogen and oxygen atoms in total. The van der Waals surface area contributed by atoms with Gasteiger partial charge in [0.1, 0.15) is 5.75 Å². The highest BCUT2D eigenvalue weighted by molar-refractivity contribution is 5.78. The van der Waals surface area contributed by atoms with Crippen LogP contribution in [-0.2, 0) is 0 Å². The second-order valence-electron chi connectivity index (χ2n) is 4.64. The number of aromatic nitrogens is 2. The monoisotopic (exact) mass is 245 g/mol. The molecule has 2 N–H and O–H groups in total. The minimum absolute atomic E-state index is 0.0214. The predicted molar refractivity (Wildman–Crippen MR) is 68.8 cm³/mol. The molecule has 1 saturated heterocycles. The first-order valence-electron chi connectivity index (χ1n) is 6.16. The Balaban J connectivity index is 2.11. The molecule has 1 aliphatic heterocycles. The molecule has 1 fully saturated rings. The van der Waals surface area contributed by atoms with Gasteiger partial charge in [-0.15, -0.1) is 0 Å². The molecule has 1 aromatic carbocycles. The maximum atomic E-state index is 12.4. The molecule has 18 heavy (non-hydrogen) atoms. The van der Waals surface area contributed by atoms with Crippen molar-refractivity contribution in [3.63, 3.8) is 0 Å². The largest absolute Gasteiger partial charge is 0.508 e. The molecule has 2 heterocycles. The van der Waals surface area contributed by atoms with Crippen LogP contribution >= 0.6 is 0 Å². The second kappa shape index (κ2) is 4.42. The first-order chi connectivity index (χ1) is 8.75. The van der Waals surface area contributed by atoms with E-state index in [1.807, 2.05) is 0 Å². The Morgan fingerprint density at radius 2 is 2.11 bits per heavy atom. The maximum absolute atomic E-state index is 12.4. The van der Waals surface area contributed by atoms with Gasteiger partial charge in [0, 0.05) is 12.1 Å². The van der Waals surface area contributed by atoms with Gasteiger partial charge in [-0.05, 0) is 38.1 Å². The van der Waals surface area contributed by atoms with Gasteiger partial charge in [-0.2, -0.15) is 0 Å². The number of benzene rings is 1. The Morgan fingerprint density at radius 3 is 2.89 bits per heavy atom. The molecule has 0 spiro atoms. The van der Waals surface area contributed by atoms with E-state index in [9.17, 15) is 9.90 Å². The lowest BCUT2D eigenvalue weighted by atomic mass is 10.1. The number of phenols is 1. The van der Waals surface area contributed by atoms with Gasteiger partial charge in [-0.3, -0.25) is 9.36 Å². The smallest absolute Gasteiger partial charge is 0.261 e. The van der Waals surface area contributed by atoms with E-state index in [0.29, 0.717) is 10.9 Å². The summed E-state index contributed by atoms with van der Waals surface area (Å²) in [5.74, 6) is 0.133. The number of rotatable bonds is 1. The summed E-state index contributed by atoms with van der Waals surface area (Å²) in [6.45, 7) is 1.87. The average molecular weight is 245 g/mol. The van der Waals surface area contributed by atoms with Gasteiger partial charge < -0.3 is 10.4 Å². The van der Waals surface area contributed by atoms with Crippen LogP contribution < -0.4 is 10.9 Å². The van der Waals surface area contributed by atoms with Gasteiger partial charge in [0.25, 0.3) is 5.56 Å². The predicted octanol–water partition coefficient (Wildman–Crippen LogP) is 1.03. The van der Waals surface area contributed by atoms with Crippen LogP contribution in [0.15, 0.2) is 29.3 Å². The number of hydrogen-bond donors (Lipinski definition) is 2. The Kier molecular flexibility index (Phi) is 2.76. The van der Waals surface area contributed by atoms with E-state index in [-0.39, 0.29) is 17.4 Å². The van der Waals surface area contributed by atoms with E-state index in [4.69, 9.17) is 0 Å². The summed E-state index contributed by atoms with van der Waals surface area (Å²) in [5.41, 5.74) is 0.525. The second-order valence-corrected chi connectivity index (χ2v) is 4.64. The van der Waals surface area contributed by atoms with E-state index in [0.717, 1.165) is 25.9 Å². The highest BCUT2D eigenvalue weighted by Gasteiger charge is 2.17. The zero-order valence-corrected chi connectivity index (χ0v) is 9.97. The maximum Gasteiger partial charge on any atom is 0.261 e. The first kappa shape index (κ1) is 11.2.